The minimum atomic E-state index is 0.519. The van der Waals surface area contributed by atoms with Gasteiger partial charge in [-0.25, -0.2) is 9.97 Å². The second-order valence-electron chi connectivity index (χ2n) is 6.18. The number of rotatable bonds is 5. The monoisotopic (exact) mass is 295 g/mol. The SMILES string of the molecule is CCCc1c(Cl)ncnc1NC1CCCCC1C(C)C. The fraction of sp³-hybridized carbons (Fsp3) is 0.750. The van der Waals surface area contributed by atoms with E-state index < -0.39 is 0 Å². The van der Waals surface area contributed by atoms with E-state index in [4.69, 9.17) is 11.6 Å². The Bertz CT molecular complexity index is 434. The average Bonchev–Trinajstić information content (AvgIpc) is 2.43. The molecule has 3 nitrogen and oxygen atoms in total. The minimum absolute atomic E-state index is 0.519. The molecule has 1 N–H and O–H groups in total. The molecule has 0 saturated heterocycles. The van der Waals surface area contributed by atoms with Gasteiger partial charge in [0.1, 0.15) is 17.3 Å². The summed E-state index contributed by atoms with van der Waals surface area (Å²) in [5.74, 6) is 2.39. The summed E-state index contributed by atoms with van der Waals surface area (Å²) in [5.41, 5.74) is 1.07. The van der Waals surface area contributed by atoms with Gasteiger partial charge in [-0.2, -0.15) is 0 Å². The van der Waals surface area contributed by atoms with Crippen LogP contribution in [0.3, 0.4) is 0 Å². The first-order chi connectivity index (χ1) is 9.63. The maximum atomic E-state index is 6.23. The van der Waals surface area contributed by atoms with Crippen molar-refractivity contribution in [3.63, 3.8) is 0 Å². The lowest BCUT2D eigenvalue weighted by molar-refractivity contribution is 0.253. The van der Waals surface area contributed by atoms with Crippen molar-refractivity contribution in [3.8, 4) is 0 Å². The van der Waals surface area contributed by atoms with Crippen LogP contribution in [0.25, 0.3) is 0 Å². The van der Waals surface area contributed by atoms with E-state index in [0.29, 0.717) is 17.1 Å². The second-order valence-corrected chi connectivity index (χ2v) is 6.54. The molecule has 0 bridgehead atoms. The van der Waals surface area contributed by atoms with Crippen LogP contribution in [0.2, 0.25) is 5.15 Å². The third kappa shape index (κ3) is 3.63. The standard InChI is InChI=1S/C16H26ClN3/c1-4-7-13-15(17)18-10-19-16(13)20-14-9-6-5-8-12(14)11(2)3/h10-12,14H,4-9H2,1-3H3,(H,18,19,20). The normalized spacial score (nSPS) is 23.1. The maximum absolute atomic E-state index is 6.23. The van der Waals surface area contributed by atoms with Crippen molar-refractivity contribution in [1.82, 2.24) is 9.97 Å². The number of nitrogens with one attached hydrogen (secondary N) is 1. The van der Waals surface area contributed by atoms with E-state index in [1.165, 1.54) is 25.7 Å². The second kappa shape index (κ2) is 7.26. The van der Waals surface area contributed by atoms with Gasteiger partial charge in [-0.15, -0.1) is 0 Å². The highest BCUT2D eigenvalue weighted by molar-refractivity contribution is 6.30. The van der Waals surface area contributed by atoms with E-state index in [9.17, 15) is 0 Å². The van der Waals surface area contributed by atoms with Crippen LogP contribution in [0.5, 0.6) is 0 Å². The van der Waals surface area contributed by atoms with Gasteiger partial charge in [0.25, 0.3) is 0 Å². The summed E-state index contributed by atoms with van der Waals surface area (Å²) < 4.78 is 0. The third-order valence-corrected chi connectivity index (χ3v) is 4.72. The molecule has 1 aromatic rings. The van der Waals surface area contributed by atoms with E-state index >= 15 is 0 Å². The number of hydrogen-bond acceptors (Lipinski definition) is 3. The Morgan fingerprint density at radius 1 is 1.30 bits per heavy atom. The summed E-state index contributed by atoms with van der Waals surface area (Å²) in [6.07, 6.45) is 8.77. The van der Waals surface area contributed by atoms with Crippen molar-refractivity contribution in [3.05, 3.63) is 17.0 Å². The lowest BCUT2D eigenvalue weighted by Crippen LogP contribution is -2.35. The summed E-state index contributed by atoms with van der Waals surface area (Å²) >= 11 is 6.23. The lowest BCUT2D eigenvalue weighted by Gasteiger charge is -2.35. The lowest BCUT2D eigenvalue weighted by atomic mass is 9.78. The summed E-state index contributed by atoms with van der Waals surface area (Å²) in [4.78, 5) is 8.56. The highest BCUT2D eigenvalue weighted by Crippen LogP contribution is 2.33. The first-order valence-corrected chi connectivity index (χ1v) is 8.27. The topological polar surface area (TPSA) is 37.8 Å². The zero-order valence-corrected chi connectivity index (χ0v) is 13.6. The van der Waals surface area contributed by atoms with E-state index in [-0.39, 0.29) is 0 Å². The van der Waals surface area contributed by atoms with Gasteiger partial charge < -0.3 is 5.32 Å². The average molecular weight is 296 g/mol. The number of aromatic nitrogens is 2. The third-order valence-electron chi connectivity index (χ3n) is 4.39. The Labute approximate surface area is 127 Å². The molecule has 0 radical (unpaired) electrons. The predicted octanol–water partition coefficient (Wildman–Crippen LogP) is 4.71. The van der Waals surface area contributed by atoms with Gasteiger partial charge in [0.2, 0.25) is 0 Å². The molecule has 1 aromatic heterocycles. The summed E-state index contributed by atoms with van der Waals surface area (Å²) in [6.45, 7) is 6.81. The van der Waals surface area contributed by atoms with Gasteiger partial charge in [-0.05, 0) is 31.1 Å². The Morgan fingerprint density at radius 2 is 2.05 bits per heavy atom. The van der Waals surface area contributed by atoms with E-state index in [2.05, 4.69) is 36.1 Å². The molecule has 1 saturated carbocycles. The molecule has 0 spiro atoms. The van der Waals surface area contributed by atoms with Gasteiger partial charge in [0.05, 0.1) is 0 Å². The van der Waals surface area contributed by atoms with Crippen molar-refractivity contribution in [2.45, 2.75) is 65.3 Å². The van der Waals surface area contributed by atoms with Crippen LogP contribution in [0, 0.1) is 11.8 Å². The number of nitrogens with zero attached hydrogens (tertiary/aromatic N) is 2. The van der Waals surface area contributed by atoms with Gasteiger partial charge in [0, 0.05) is 11.6 Å². The van der Waals surface area contributed by atoms with Gasteiger partial charge in [-0.3, -0.25) is 0 Å². The smallest absolute Gasteiger partial charge is 0.137 e. The molecule has 112 valence electrons. The van der Waals surface area contributed by atoms with E-state index in [0.717, 1.165) is 30.1 Å². The van der Waals surface area contributed by atoms with Gasteiger partial charge >= 0.3 is 0 Å². The summed E-state index contributed by atoms with van der Waals surface area (Å²) in [5, 5.41) is 4.27. The molecule has 4 heteroatoms. The highest BCUT2D eigenvalue weighted by atomic mass is 35.5. The first kappa shape index (κ1) is 15.6. The summed E-state index contributed by atoms with van der Waals surface area (Å²) in [7, 11) is 0. The molecule has 0 aliphatic heterocycles. The van der Waals surface area contributed by atoms with Crippen LogP contribution >= 0.6 is 11.6 Å². The molecular formula is C16H26ClN3. The largest absolute Gasteiger partial charge is 0.367 e. The van der Waals surface area contributed by atoms with Gasteiger partial charge in [0.15, 0.2) is 0 Å². The van der Waals surface area contributed by atoms with Crippen molar-refractivity contribution in [2.75, 3.05) is 5.32 Å². The molecule has 0 aromatic carbocycles. The Hall–Kier alpha value is -0.830. The maximum Gasteiger partial charge on any atom is 0.137 e. The van der Waals surface area contributed by atoms with Crippen LogP contribution < -0.4 is 5.32 Å². The fourth-order valence-electron chi connectivity index (χ4n) is 3.30. The van der Waals surface area contributed by atoms with Crippen molar-refractivity contribution < 1.29 is 0 Å². The Morgan fingerprint density at radius 3 is 2.75 bits per heavy atom. The molecule has 1 fully saturated rings. The van der Waals surface area contributed by atoms with Crippen LogP contribution in [-0.4, -0.2) is 16.0 Å². The zero-order chi connectivity index (χ0) is 14.5. The van der Waals surface area contributed by atoms with E-state index in [1.807, 2.05) is 0 Å². The quantitative estimate of drug-likeness (QED) is 0.800. The molecule has 20 heavy (non-hydrogen) atoms. The predicted molar refractivity (Wildman–Crippen MR) is 85.2 cm³/mol. The number of anilines is 1. The molecule has 1 heterocycles. The zero-order valence-electron chi connectivity index (χ0n) is 12.8. The summed E-state index contributed by atoms with van der Waals surface area (Å²) in [6, 6.07) is 0.519. The molecule has 2 unspecified atom stereocenters. The molecular weight excluding hydrogens is 270 g/mol. The van der Waals surface area contributed by atoms with Crippen molar-refractivity contribution in [1.29, 1.82) is 0 Å². The fourth-order valence-corrected chi connectivity index (χ4v) is 3.53. The first-order valence-electron chi connectivity index (χ1n) is 7.89. The molecule has 2 rings (SSSR count). The van der Waals surface area contributed by atoms with Gasteiger partial charge in [-0.1, -0.05) is 51.6 Å². The minimum Gasteiger partial charge on any atom is -0.367 e. The number of halogens is 1. The van der Waals surface area contributed by atoms with Crippen molar-refractivity contribution in [2.24, 2.45) is 11.8 Å². The molecule has 1 aliphatic rings. The van der Waals surface area contributed by atoms with Crippen LogP contribution in [0.1, 0.15) is 58.4 Å². The molecule has 0 amide bonds. The Balaban J connectivity index is 2.17. The van der Waals surface area contributed by atoms with Crippen LogP contribution in [0.15, 0.2) is 6.33 Å². The van der Waals surface area contributed by atoms with Crippen LogP contribution in [0.4, 0.5) is 5.82 Å². The van der Waals surface area contributed by atoms with Crippen LogP contribution in [-0.2, 0) is 6.42 Å². The molecule has 2 atom stereocenters. The Kier molecular flexibility index (Phi) is 5.64. The highest BCUT2D eigenvalue weighted by Gasteiger charge is 2.28. The number of hydrogen-bond donors (Lipinski definition) is 1. The van der Waals surface area contributed by atoms with Crippen molar-refractivity contribution >= 4 is 17.4 Å². The molecule has 1 aliphatic carbocycles. The van der Waals surface area contributed by atoms with E-state index in [1.54, 1.807) is 6.33 Å².